The van der Waals surface area contributed by atoms with E-state index in [-0.39, 0.29) is 5.57 Å². The summed E-state index contributed by atoms with van der Waals surface area (Å²) in [5.41, 5.74) is 2.24. The fraction of sp³-hybridized carbons (Fsp3) is 0.200. The number of halogens is 2. The molecule has 2 aromatic carbocycles. The third-order valence-electron chi connectivity index (χ3n) is 3.68. The third kappa shape index (κ3) is 5.35. The van der Waals surface area contributed by atoms with Crippen LogP contribution in [0.25, 0.3) is 6.08 Å². The number of unbranched alkanes of at least 4 members (excludes halogenated alkanes) is 1. The fourth-order valence-electron chi connectivity index (χ4n) is 2.28. The summed E-state index contributed by atoms with van der Waals surface area (Å²) < 4.78 is 0. The molecule has 2 rings (SSSR count). The topological polar surface area (TPSA) is 52.9 Å². The number of carbonyl (C=O) groups excluding carboxylic acids is 1. The molecule has 3 nitrogen and oxygen atoms in total. The summed E-state index contributed by atoms with van der Waals surface area (Å²) in [4.78, 5) is 12.3. The maximum absolute atomic E-state index is 12.3. The van der Waals surface area contributed by atoms with Crippen molar-refractivity contribution >= 4 is 40.9 Å². The molecule has 1 N–H and O–H groups in total. The molecule has 0 fully saturated rings. The summed E-state index contributed by atoms with van der Waals surface area (Å²) in [5.74, 6) is -0.500. The molecular weight excluding hydrogens is 355 g/mol. The summed E-state index contributed by atoms with van der Waals surface area (Å²) in [6.07, 6.45) is 4.68. The molecule has 5 heteroatoms. The Morgan fingerprint density at radius 1 is 1.16 bits per heavy atom. The van der Waals surface area contributed by atoms with E-state index in [1.807, 2.05) is 30.3 Å². The van der Waals surface area contributed by atoms with E-state index in [0.29, 0.717) is 21.3 Å². The highest BCUT2D eigenvalue weighted by Crippen LogP contribution is 2.26. The second kappa shape index (κ2) is 9.27. The van der Waals surface area contributed by atoms with Gasteiger partial charge >= 0.3 is 0 Å². The van der Waals surface area contributed by atoms with Gasteiger partial charge in [0.15, 0.2) is 0 Å². The van der Waals surface area contributed by atoms with E-state index in [4.69, 9.17) is 23.2 Å². The first-order chi connectivity index (χ1) is 12.0. The molecule has 0 aliphatic heterocycles. The highest BCUT2D eigenvalue weighted by molar-refractivity contribution is 6.37. The van der Waals surface area contributed by atoms with Crippen LogP contribution < -0.4 is 5.32 Å². The zero-order chi connectivity index (χ0) is 18.2. The molecule has 0 bridgehead atoms. The number of nitrogens with zero attached hydrogens (tertiary/aromatic N) is 1. The van der Waals surface area contributed by atoms with Gasteiger partial charge < -0.3 is 5.32 Å². The molecule has 0 aliphatic carbocycles. The Balaban J connectivity index is 2.15. The molecule has 0 radical (unpaired) electrons. The van der Waals surface area contributed by atoms with Crippen molar-refractivity contribution in [1.82, 2.24) is 0 Å². The van der Waals surface area contributed by atoms with Crippen LogP contribution in [0, 0.1) is 11.3 Å². The first kappa shape index (κ1) is 19.1. The van der Waals surface area contributed by atoms with Crippen LogP contribution in [0.1, 0.15) is 30.9 Å². The van der Waals surface area contributed by atoms with E-state index >= 15 is 0 Å². The lowest BCUT2D eigenvalue weighted by Crippen LogP contribution is -2.13. The molecule has 128 valence electrons. The van der Waals surface area contributed by atoms with E-state index in [1.54, 1.807) is 18.2 Å². The maximum Gasteiger partial charge on any atom is 0.266 e. The second-order valence-electron chi connectivity index (χ2n) is 5.56. The molecule has 0 unspecified atom stereocenters. The molecule has 0 saturated carbocycles. The zero-order valence-electron chi connectivity index (χ0n) is 13.9. The largest absolute Gasteiger partial charge is 0.321 e. The fourth-order valence-corrected chi connectivity index (χ4v) is 2.78. The maximum atomic E-state index is 12.3. The number of hydrogen-bond acceptors (Lipinski definition) is 2. The summed E-state index contributed by atoms with van der Waals surface area (Å²) in [7, 11) is 0. The van der Waals surface area contributed by atoms with Crippen molar-refractivity contribution in [2.24, 2.45) is 0 Å². The van der Waals surface area contributed by atoms with Gasteiger partial charge in [-0.3, -0.25) is 4.79 Å². The normalized spacial score (nSPS) is 11.0. The van der Waals surface area contributed by atoms with Gasteiger partial charge in [-0.05, 0) is 48.7 Å². The Bertz CT molecular complexity index is 800. The smallest absolute Gasteiger partial charge is 0.266 e. The van der Waals surface area contributed by atoms with Crippen molar-refractivity contribution in [2.45, 2.75) is 26.2 Å². The lowest BCUT2D eigenvalue weighted by molar-refractivity contribution is -0.112. The van der Waals surface area contributed by atoms with Crippen LogP contribution in [0.15, 0.2) is 48.0 Å². The van der Waals surface area contributed by atoms with E-state index in [0.717, 1.165) is 19.3 Å². The summed E-state index contributed by atoms with van der Waals surface area (Å²) in [5, 5.41) is 12.8. The van der Waals surface area contributed by atoms with Gasteiger partial charge in [-0.15, -0.1) is 0 Å². The van der Waals surface area contributed by atoms with Crippen LogP contribution in [-0.4, -0.2) is 5.91 Å². The zero-order valence-corrected chi connectivity index (χ0v) is 15.4. The van der Waals surface area contributed by atoms with Crippen LogP contribution >= 0.6 is 23.2 Å². The first-order valence-corrected chi connectivity index (χ1v) is 8.77. The predicted octanol–water partition coefficient (Wildman–Crippen LogP) is 5.88. The van der Waals surface area contributed by atoms with Gasteiger partial charge in [0.2, 0.25) is 0 Å². The number of nitrogens with one attached hydrogen (secondary N) is 1. The quantitative estimate of drug-likeness (QED) is 0.508. The Kier molecular flexibility index (Phi) is 7.06. The van der Waals surface area contributed by atoms with Crippen LogP contribution in [0.3, 0.4) is 0 Å². The molecule has 25 heavy (non-hydrogen) atoms. The highest BCUT2D eigenvalue weighted by Gasteiger charge is 2.12. The van der Waals surface area contributed by atoms with Crippen LogP contribution in [0.5, 0.6) is 0 Å². The van der Waals surface area contributed by atoms with Crippen molar-refractivity contribution in [1.29, 1.82) is 5.26 Å². The van der Waals surface area contributed by atoms with Crippen LogP contribution in [-0.2, 0) is 11.2 Å². The standard InChI is InChI=1S/C20H18Cl2N2O/c1-2-3-5-14-8-10-16(11-9-14)24-20(25)15(13-23)12-17-18(21)6-4-7-19(17)22/h4,6-12H,2-3,5H2,1H3,(H,24,25)/b15-12+. The molecule has 0 aliphatic rings. The highest BCUT2D eigenvalue weighted by atomic mass is 35.5. The second-order valence-corrected chi connectivity index (χ2v) is 6.37. The lowest BCUT2D eigenvalue weighted by atomic mass is 10.1. The van der Waals surface area contributed by atoms with Crippen molar-refractivity contribution in [3.05, 3.63) is 69.2 Å². The molecule has 0 heterocycles. The number of nitriles is 1. The van der Waals surface area contributed by atoms with Gasteiger partial charge in [-0.25, -0.2) is 0 Å². The minimum atomic E-state index is -0.500. The summed E-state index contributed by atoms with van der Waals surface area (Å²) in [6.45, 7) is 2.15. The minimum absolute atomic E-state index is 0.0648. The summed E-state index contributed by atoms with van der Waals surface area (Å²) in [6, 6.07) is 14.5. The Morgan fingerprint density at radius 2 is 1.80 bits per heavy atom. The molecule has 0 saturated heterocycles. The van der Waals surface area contributed by atoms with Crippen LogP contribution in [0.2, 0.25) is 10.0 Å². The third-order valence-corrected chi connectivity index (χ3v) is 4.34. The van der Waals surface area contributed by atoms with E-state index < -0.39 is 5.91 Å². The monoisotopic (exact) mass is 372 g/mol. The average Bonchev–Trinajstić information content (AvgIpc) is 2.61. The number of aryl methyl sites for hydroxylation is 1. The van der Waals surface area contributed by atoms with Gasteiger partial charge in [0.05, 0.1) is 0 Å². The Morgan fingerprint density at radius 3 is 2.36 bits per heavy atom. The number of hydrogen-bond donors (Lipinski definition) is 1. The van der Waals surface area contributed by atoms with Crippen LogP contribution in [0.4, 0.5) is 5.69 Å². The van der Waals surface area contributed by atoms with Gasteiger partial charge in [-0.2, -0.15) is 5.26 Å². The molecule has 0 spiro atoms. The van der Waals surface area contributed by atoms with Crippen molar-refractivity contribution in [2.75, 3.05) is 5.32 Å². The molecule has 2 aromatic rings. The predicted molar refractivity (Wildman–Crippen MR) is 104 cm³/mol. The van der Waals surface area contributed by atoms with Gasteiger partial charge in [-0.1, -0.05) is 54.7 Å². The molecule has 0 aromatic heterocycles. The average molecular weight is 373 g/mol. The lowest BCUT2D eigenvalue weighted by Gasteiger charge is -2.07. The summed E-state index contributed by atoms with van der Waals surface area (Å²) >= 11 is 12.2. The SMILES string of the molecule is CCCCc1ccc(NC(=O)/C(C#N)=C/c2c(Cl)cccc2Cl)cc1. The van der Waals surface area contributed by atoms with Crippen molar-refractivity contribution < 1.29 is 4.79 Å². The number of carbonyl (C=O) groups is 1. The van der Waals surface area contributed by atoms with E-state index in [1.165, 1.54) is 11.6 Å². The Hall–Kier alpha value is -2.28. The van der Waals surface area contributed by atoms with Gasteiger partial charge in [0, 0.05) is 21.3 Å². The number of rotatable bonds is 6. The molecule has 1 amide bonds. The molecular formula is C20H18Cl2N2O. The molecule has 0 atom stereocenters. The van der Waals surface area contributed by atoms with Gasteiger partial charge in [0.1, 0.15) is 11.6 Å². The number of anilines is 1. The van der Waals surface area contributed by atoms with Crippen molar-refractivity contribution in [3.63, 3.8) is 0 Å². The van der Waals surface area contributed by atoms with Gasteiger partial charge in [0.25, 0.3) is 5.91 Å². The number of benzene rings is 2. The van der Waals surface area contributed by atoms with E-state index in [9.17, 15) is 10.1 Å². The van der Waals surface area contributed by atoms with Crippen molar-refractivity contribution in [3.8, 4) is 6.07 Å². The number of amides is 1. The van der Waals surface area contributed by atoms with E-state index in [2.05, 4.69) is 12.2 Å². The Labute approximate surface area is 157 Å². The first-order valence-electron chi connectivity index (χ1n) is 8.01. The minimum Gasteiger partial charge on any atom is -0.321 e.